The van der Waals surface area contributed by atoms with E-state index < -0.39 is 24.0 Å². The number of methoxy groups -OCH3 is 1. The average Bonchev–Trinajstić information content (AvgIpc) is 3.13. The van der Waals surface area contributed by atoms with Crippen LogP contribution in [0.2, 0.25) is 0 Å². The molecule has 0 spiro atoms. The minimum Gasteiger partial charge on any atom is -0.504 e. The summed E-state index contributed by atoms with van der Waals surface area (Å²) in [6.45, 7) is 2.49. The van der Waals surface area contributed by atoms with E-state index >= 15 is 0 Å². The molecule has 1 fully saturated rings. The summed E-state index contributed by atoms with van der Waals surface area (Å²) < 4.78 is 16.0. The van der Waals surface area contributed by atoms with E-state index in [9.17, 15) is 14.7 Å². The number of hydrogen-bond donors (Lipinski definition) is 2. The molecule has 0 saturated carbocycles. The predicted molar refractivity (Wildman–Crippen MR) is 92.5 cm³/mol. The normalized spacial score (nSPS) is 25.4. The molecule has 1 aromatic carbocycles. The third kappa shape index (κ3) is 3.80. The number of urea groups is 1. The van der Waals surface area contributed by atoms with Crippen molar-refractivity contribution >= 4 is 17.7 Å². The van der Waals surface area contributed by atoms with Crippen molar-refractivity contribution in [2.75, 3.05) is 20.3 Å². The van der Waals surface area contributed by atoms with Crippen LogP contribution in [0, 0.1) is 5.92 Å². The van der Waals surface area contributed by atoms with Gasteiger partial charge >= 0.3 is 12.0 Å². The standard InChI is InChI=1S/C18H22N2O6/c1-10-15(17(22)26-9-12-4-3-7-25-12)16(20-18(23)19-10)11-5-6-13(21)14(8-11)24-2/h5-6,8,12,15-16,21H,3-4,7,9H2,1-2H3,(H,20,23). The van der Waals surface area contributed by atoms with Gasteiger partial charge in [0.05, 0.1) is 19.3 Å². The van der Waals surface area contributed by atoms with E-state index in [0.29, 0.717) is 17.9 Å². The molecule has 2 heterocycles. The minimum absolute atomic E-state index is 0.0266. The maximum atomic E-state index is 12.7. The molecule has 0 aliphatic carbocycles. The first-order valence-electron chi connectivity index (χ1n) is 8.50. The highest BCUT2D eigenvalue weighted by Gasteiger charge is 2.38. The van der Waals surface area contributed by atoms with Gasteiger partial charge in [0.1, 0.15) is 12.5 Å². The summed E-state index contributed by atoms with van der Waals surface area (Å²) in [5.41, 5.74) is 0.990. The number of esters is 1. The molecule has 0 radical (unpaired) electrons. The van der Waals surface area contributed by atoms with Gasteiger partial charge in [0.15, 0.2) is 11.5 Å². The summed E-state index contributed by atoms with van der Waals surface area (Å²) in [4.78, 5) is 28.4. The molecule has 2 N–H and O–H groups in total. The summed E-state index contributed by atoms with van der Waals surface area (Å²) in [5.74, 6) is -1.01. The van der Waals surface area contributed by atoms with Crippen molar-refractivity contribution in [3.8, 4) is 11.5 Å². The first kappa shape index (κ1) is 18.2. The minimum atomic E-state index is -0.761. The van der Waals surface area contributed by atoms with Gasteiger partial charge in [-0.25, -0.2) is 9.79 Å². The van der Waals surface area contributed by atoms with Crippen molar-refractivity contribution in [3.63, 3.8) is 0 Å². The largest absolute Gasteiger partial charge is 0.504 e. The van der Waals surface area contributed by atoms with Gasteiger partial charge in [-0.3, -0.25) is 4.79 Å². The van der Waals surface area contributed by atoms with Crippen LogP contribution in [0.15, 0.2) is 23.2 Å². The number of aliphatic imine (C=N–C) groups is 1. The van der Waals surface area contributed by atoms with Crippen molar-refractivity contribution in [1.29, 1.82) is 0 Å². The number of benzene rings is 1. The average molecular weight is 362 g/mol. The number of amides is 2. The molecule has 26 heavy (non-hydrogen) atoms. The Morgan fingerprint density at radius 3 is 2.96 bits per heavy atom. The first-order chi connectivity index (χ1) is 12.5. The summed E-state index contributed by atoms with van der Waals surface area (Å²) in [7, 11) is 1.43. The smallest absolute Gasteiger partial charge is 0.341 e. The Bertz CT molecular complexity index is 726. The van der Waals surface area contributed by atoms with Gasteiger partial charge in [-0.1, -0.05) is 6.07 Å². The SMILES string of the molecule is COc1cc(C2NC(=O)N=C(C)C2C(=O)OCC2CCCO2)ccc1O. The number of nitrogens with one attached hydrogen (secondary N) is 1. The van der Waals surface area contributed by atoms with E-state index in [0.717, 1.165) is 12.8 Å². The molecule has 0 bridgehead atoms. The molecule has 3 rings (SSSR count). The Balaban J connectivity index is 1.82. The van der Waals surface area contributed by atoms with Crippen LogP contribution in [0.25, 0.3) is 0 Å². The lowest BCUT2D eigenvalue weighted by molar-refractivity contribution is -0.150. The quantitative estimate of drug-likeness (QED) is 0.776. The zero-order valence-electron chi connectivity index (χ0n) is 14.7. The fourth-order valence-corrected chi connectivity index (χ4v) is 3.23. The van der Waals surface area contributed by atoms with E-state index in [1.807, 2.05) is 0 Å². The number of rotatable bonds is 5. The number of nitrogens with zero attached hydrogens (tertiary/aromatic N) is 1. The van der Waals surface area contributed by atoms with Crippen molar-refractivity contribution < 1.29 is 28.9 Å². The van der Waals surface area contributed by atoms with Gasteiger partial charge in [0.25, 0.3) is 0 Å². The van der Waals surface area contributed by atoms with Crippen LogP contribution >= 0.6 is 0 Å². The topological polar surface area (TPSA) is 106 Å². The lowest BCUT2D eigenvalue weighted by atomic mass is 9.88. The second kappa shape index (κ2) is 7.74. The van der Waals surface area contributed by atoms with Crippen molar-refractivity contribution in [2.45, 2.75) is 31.9 Å². The maximum Gasteiger partial charge on any atom is 0.341 e. The van der Waals surface area contributed by atoms with Crippen molar-refractivity contribution in [2.24, 2.45) is 10.9 Å². The molecule has 1 aromatic rings. The van der Waals surface area contributed by atoms with Crippen molar-refractivity contribution in [3.05, 3.63) is 23.8 Å². The van der Waals surface area contributed by atoms with Crippen LogP contribution in [0.1, 0.15) is 31.4 Å². The molecule has 2 aliphatic rings. The lowest BCUT2D eigenvalue weighted by Gasteiger charge is -2.30. The number of phenols is 1. The lowest BCUT2D eigenvalue weighted by Crippen LogP contribution is -2.44. The number of aromatic hydroxyl groups is 1. The molecule has 3 atom stereocenters. The second-order valence-corrected chi connectivity index (χ2v) is 6.35. The highest BCUT2D eigenvalue weighted by Crippen LogP contribution is 2.34. The van der Waals surface area contributed by atoms with Crippen LogP contribution < -0.4 is 10.1 Å². The van der Waals surface area contributed by atoms with Gasteiger partial charge in [-0.05, 0) is 37.5 Å². The van der Waals surface area contributed by atoms with Crippen molar-refractivity contribution in [1.82, 2.24) is 5.32 Å². The summed E-state index contributed by atoms with van der Waals surface area (Å²) in [6.07, 6.45) is 1.74. The zero-order valence-corrected chi connectivity index (χ0v) is 14.7. The zero-order chi connectivity index (χ0) is 18.7. The third-order valence-corrected chi connectivity index (χ3v) is 4.59. The first-order valence-corrected chi connectivity index (χ1v) is 8.50. The van der Waals surface area contributed by atoms with Gasteiger partial charge in [0.2, 0.25) is 0 Å². The Kier molecular flexibility index (Phi) is 5.41. The van der Waals surface area contributed by atoms with Gasteiger partial charge in [-0.15, -0.1) is 0 Å². The van der Waals surface area contributed by atoms with Gasteiger partial charge < -0.3 is 24.6 Å². The fourth-order valence-electron chi connectivity index (χ4n) is 3.23. The molecule has 1 saturated heterocycles. The Hall–Kier alpha value is -2.61. The van der Waals surface area contributed by atoms with Crippen LogP contribution in [-0.2, 0) is 14.3 Å². The molecule has 8 nitrogen and oxygen atoms in total. The van der Waals surface area contributed by atoms with E-state index in [-0.39, 0.29) is 24.2 Å². The maximum absolute atomic E-state index is 12.7. The molecule has 2 amide bonds. The molecule has 140 valence electrons. The molecule has 8 heteroatoms. The van der Waals surface area contributed by atoms with E-state index in [4.69, 9.17) is 14.2 Å². The summed E-state index contributed by atoms with van der Waals surface area (Å²) >= 11 is 0. The third-order valence-electron chi connectivity index (χ3n) is 4.59. The highest BCUT2D eigenvalue weighted by molar-refractivity contribution is 6.08. The number of carbonyl (C=O) groups is 2. The highest BCUT2D eigenvalue weighted by atomic mass is 16.6. The van der Waals surface area contributed by atoms with E-state index in [1.54, 1.807) is 19.1 Å². The van der Waals surface area contributed by atoms with Crippen LogP contribution in [-0.4, -0.2) is 49.2 Å². The summed E-state index contributed by atoms with van der Waals surface area (Å²) in [5, 5.41) is 12.5. The number of hydrogen-bond acceptors (Lipinski definition) is 6. The van der Waals surface area contributed by atoms with Gasteiger partial charge in [-0.2, -0.15) is 0 Å². The monoisotopic (exact) mass is 362 g/mol. The molecule has 2 aliphatic heterocycles. The van der Waals surface area contributed by atoms with Gasteiger partial charge in [0, 0.05) is 12.3 Å². The Labute approximate surface area is 151 Å². The van der Waals surface area contributed by atoms with Crippen LogP contribution in [0.3, 0.4) is 0 Å². The van der Waals surface area contributed by atoms with Crippen LogP contribution in [0.4, 0.5) is 4.79 Å². The number of phenolic OH excluding ortho intramolecular Hbond substituents is 1. The molecular weight excluding hydrogens is 340 g/mol. The van der Waals surface area contributed by atoms with Crippen LogP contribution in [0.5, 0.6) is 11.5 Å². The molecule has 0 aromatic heterocycles. The number of ether oxygens (including phenoxy) is 3. The molecular formula is C18H22N2O6. The Morgan fingerprint density at radius 1 is 1.46 bits per heavy atom. The fraction of sp³-hybridized carbons (Fsp3) is 0.500. The molecule has 3 unspecified atom stereocenters. The predicted octanol–water partition coefficient (Wildman–Crippen LogP) is 1.96. The summed E-state index contributed by atoms with van der Waals surface area (Å²) in [6, 6.07) is 3.48. The number of carbonyl (C=O) groups excluding carboxylic acids is 2. The Morgan fingerprint density at radius 2 is 2.27 bits per heavy atom. The second-order valence-electron chi connectivity index (χ2n) is 6.35. The van der Waals surface area contributed by atoms with E-state index in [1.165, 1.54) is 13.2 Å². The van der Waals surface area contributed by atoms with E-state index in [2.05, 4.69) is 10.3 Å².